The van der Waals surface area contributed by atoms with Gasteiger partial charge in [-0.1, -0.05) is 0 Å². The van der Waals surface area contributed by atoms with Crippen molar-refractivity contribution in [3.63, 3.8) is 0 Å². The topological polar surface area (TPSA) is 105 Å². The van der Waals surface area contributed by atoms with Crippen LogP contribution in [0.5, 0.6) is 17.2 Å². The molecule has 0 N–H and O–H groups in total. The van der Waals surface area contributed by atoms with Crippen LogP contribution in [0, 0.1) is 0 Å². The van der Waals surface area contributed by atoms with E-state index in [0.717, 1.165) is 0 Å². The van der Waals surface area contributed by atoms with Gasteiger partial charge < -0.3 is 23.0 Å². The lowest BCUT2D eigenvalue weighted by Gasteiger charge is -2.25. The summed E-state index contributed by atoms with van der Waals surface area (Å²) in [6.45, 7) is 0. The number of hydrogen-bond acceptors (Lipinski definition) is 8. The standard InChI is InChI=1S/C26H16O8/c1-30-13-4-6-19-17(9-13)24(28)18(12-32-19)16-11-22(27)33-20-7-5-15-25(29)21(34-26(15)23(16)20)10-14-3-2-8-31-14/h2-10,12,16H,11H2,1H3/b21-10-/t16-/m0/s1. The van der Waals surface area contributed by atoms with Gasteiger partial charge >= 0.3 is 5.97 Å². The number of fused-ring (bicyclic) bond motifs is 4. The van der Waals surface area contributed by atoms with Crippen molar-refractivity contribution in [1.82, 2.24) is 0 Å². The Kier molecular flexibility index (Phi) is 4.41. The molecule has 0 radical (unpaired) electrons. The highest BCUT2D eigenvalue weighted by molar-refractivity contribution is 6.15. The van der Waals surface area contributed by atoms with Crippen LogP contribution in [0.15, 0.2) is 74.4 Å². The number of carbonyl (C=O) groups is 2. The second kappa shape index (κ2) is 7.48. The van der Waals surface area contributed by atoms with Crippen molar-refractivity contribution in [1.29, 1.82) is 0 Å². The van der Waals surface area contributed by atoms with Crippen LogP contribution in [0.3, 0.4) is 0 Å². The highest BCUT2D eigenvalue weighted by Crippen LogP contribution is 2.48. The number of hydrogen-bond donors (Lipinski definition) is 0. The highest BCUT2D eigenvalue weighted by Gasteiger charge is 2.39. The molecule has 0 fully saturated rings. The van der Waals surface area contributed by atoms with Crippen molar-refractivity contribution >= 4 is 28.8 Å². The van der Waals surface area contributed by atoms with E-state index in [2.05, 4.69) is 0 Å². The zero-order chi connectivity index (χ0) is 23.4. The fourth-order valence-electron chi connectivity index (χ4n) is 4.37. The maximum atomic E-state index is 13.5. The normalized spacial score (nSPS) is 17.9. The summed E-state index contributed by atoms with van der Waals surface area (Å²) in [7, 11) is 1.51. The molecule has 0 bridgehead atoms. The number of carbonyl (C=O) groups excluding carboxylic acids is 2. The van der Waals surface area contributed by atoms with Crippen LogP contribution in [0.1, 0.15) is 39.6 Å². The first-order chi connectivity index (χ1) is 16.5. The Labute approximate surface area is 192 Å². The average molecular weight is 456 g/mol. The minimum atomic E-state index is -0.728. The molecule has 34 heavy (non-hydrogen) atoms. The number of allylic oxidation sites excluding steroid dienone is 1. The van der Waals surface area contributed by atoms with Gasteiger partial charge in [0.25, 0.3) is 0 Å². The van der Waals surface area contributed by atoms with Gasteiger partial charge in [0.2, 0.25) is 5.78 Å². The third kappa shape index (κ3) is 3.03. The zero-order valence-corrected chi connectivity index (χ0v) is 17.8. The first-order valence-corrected chi connectivity index (χ1v) is 10.5. The molecule has 0 spiro atoms. The molecule has 0 saturated heterocycles. The molecular weight excluding hydrogens is 440 g/mol. The van der Waals surface area contributed by atoms with Crippen LogP contribution in [0.25, 0.3) is 17.0 Å². The SMILES string of the molecule is COc1ccc2occ([C@@H]3CC(=O)Oc4ccc5c(c43)O/C(=C\c3ccco3)C5=O)c(=O)c2c1. The molecule has 0 aliphatic carbocycles. The van der Waals surface area contributed by atoms with Gasteiger partial charge in [-0.15, -0.1) is 0 Å². The van der Waals surface area contributed by atoms with Crippen molar-refractivity contribution in [2.75, 3.05) is 7.11 Å². The third-order valence-corrected chi connectivity index (χ3v) is 5.98. The summed E-state index contributed by atoms with van der Waals surface area (Å²) in [5.41, 5.74) is 1.10. The van der Waals surface area contributed by atoms with E-state index in [1.54, 1.807) is 42.5 Å². The Morgan fingerprint density at radius 3 is 2.71 bits per heavy atom. The predicted octanol–water partition coefficient (Wildman–Crippen LogP) is 4.45. The Bertz CT molecular complexity index is 1570. The van der Waals surface area contributed by atoms with Crippen LogP contribution >= 0.6 is 0 Å². The molecule has 168 valence electrons. The lowest BCUT2D eigenvalue weighted by molar-refractivity contribution is -0.135. The van der Waals surface area contributed by atoms with Gasteiger partial charge in [0.15, 0.2) is 11.2 Å². The number of rotatable bonds is 3. The van der Waals surface area contributed by atoms with Crippen molar-refractivity contribution in [2.45, 2.75) is 12.3 Å². The average Bonchev–Trinajstić information content (AvgIpc) is 3.47. The maximum Gasteiger partial charge on any atom is 0.312 e. The van der Waals surface area contributed by atoms with E-state index in [1.807, 2.05) is 0 Å². The number of esters is 1. The van der Waals surface area contributed by atoms with Crippen molar-refractivity contribution in [3.05, 3.63) is 93.4 Å². The van der Waals surface area contributed by atoms with Crippen LogP contribution in [0.2, 0.25) is 0 Å². The molecule has 6 rings (SSSR count). The van der Waals surface area contributed by atoms with Gasteiger partial charge in [-0.05, 0) is 42.5 Å². The molecule has 8 nitrogen and oxygen atoms in total. The van der Waals surface area contributed by atoms with Gasteiger partial charge in [0.05, 0.1) is 37.0 Å². The molecule has 2 aliphatic rings. The quantitative estimate of drug-likeness (QED) is 0.253. The molecule has 0 unspecified atom stereocenters. The molecule has 2 aromatic heterocycles. The summed E-state index contributed by atoms with van der Waals surface area (Å²) < 4.78 is 27.6. The summed E-state index contributed by atoms with van der Waals surface area (Å²) in [5, 5.41) is 0.320. The molecule has 0 amide bonds. The second-order valence-corrected chi connectivity index (χ2v) is 7.92. The van der Waals surface area contributed by atoms with E-state index in [9.17, 15) is 14.4 Å². The van der Waals surface area contributed by atoms with Crippen molar-refractivity contribution in [3.8, 4) is 17.2 Å². The predicted molar refractivity (Wildman–Crippen MR) is 119 cm³/mol. The number of Topliss-reactive ketones (excluding diaryl/α,β-unsaturated/α-hetero) is 1. The Balaban J connectivity index is 1.52. The number of ketones is 1. The van der Waals surface area contributed by atoms with Gasteiger partial charge in [0.1, 0.15) is 28.6 Å². The number of ether oxygens (including phenoxy) is 3. The number of furan rings is 1. The first-order valence-electron chi connectivity index (χ1n) is 10.5. The van der Waals surface area contributed by atoms with Gasteiger partial charge in [-0.3, -0.25) is 14.4 Å². The second-order valence-electron chi connectivity index (χ2n) is 7.92. The minimum Gasteiger partial charge on any atom is -0.497 e. The summed E-state index contributed by atoms with van der Waals surface area (Å²) in [6, 6.07) is 11.4. The Hall–Kier alpha value is -4.59. The molecule has 4 aromatic rings. The highest BCUT2D eigenvalue weighted by atomic mass is 16.5. The Morgan fingerprint density at radius 2 is 1.91 bits per heavy atom. The van der Waals surface area contributed by atoms with E-state index in [0.29, 0.717) is 33.6 Å². The van der Waals surface area contributed by atoms with Crippen LogP contribution < -0.4 is 19.6 Å². The molecule has 2 aliphatic heterocycles. The lowest BCUT2D eigenvalue weighted by Crippen LogP contribution is -2.25. The van der Waals surface area contributed by atoms with E-state index in [1.165, 1.54) is 25.7 Å². The molecule has 8 heteroatoms. The van der Waals surface area contributed by atoms with Crippen molar-refractivity contribution in [2.24, 2.45) is 0 Å². The van der Waals surface area contributed by atoms with Crippen molar-refractivity contribution < 1.29 is 32.6 Å². The van der Waals surface area contributed by atoms with Crippen LogP contribution in [0.4, 0.5) is 0 Å². The molecule has 4 heterocycles. The van der Waals surface area contributed by atoms with E-state index in [-0.39, 0.29) is 40.5 Å². The number of benzene rings is 2. The zero-order valence-electron chi connectivity index (χ0n) is 17.8. The molecule has 2 aromatic carbocycles. The molecule has 0 saturated carbocycles. The smallest absolute Gasteiger partial charge is 0.312 e. The largest absolute Gasteiger partial charge is 0.497 e. The minimum absolute atomic E-state index is 0.0734. The van der Waals surface area contributed by atoms with Crippen LogP contribution in [-0.4, -0.2) is 18.9 Å². The summed E-state index contributed by atoms with van der Waals surface area (Å²) >= 11 is 0. The fraction of sp³-hybridized carbons (Fsp3) is 0.115. The third-order valence-electron chi connectivity index (χ3n) is 5.98. The van der Waals surface area contributed by atoms with E-state index >= 15 is 0 Å². The lowest BCUT2D eigenvalue weighted by atomic mass is 9.85. The first kappa shape index (κ1) is 20.0. The number of methoxy groups -OCH3 is 1. The maximum absolute atomic E-state index is 13.5. The Morgan fingerprint density at radius 1 is 1.03 bits per heavy atom. The summed E-state index contributed by atoms with van der Waals surface area (Å²) in [5.74, 6) is -0.0447. The monoisotopic (exact) mass is 456 g/mol. The van der Waals surface area contributed by atoms with Gasteiger partial charge in [-0.2, -0.15) is 0 Å². The van der Waals surface area contributed by atoms with E-state index < -0.39 is 11.9 Å². The van der Waals surface area contributed by atoms with Gasteiger partial charge in [-0.25, -0.2) is 0 Å². The summed E-state index contributed by atoms with van der Waals surface area (Å²) in [6.07, 6.45) is 4.22. The molecule has 1 atom stereocenters. The molecular formula is C26H16O8. The van der Waals surface area contributed by atoms with Crippen LogP contribution in [-0.2, 0) is 4.79 Å². The van der Waals surface area contributed by atoms with E-state index in [4.69, 9.17) is 23.0 Å². The van der Waals surface area contributed by atoms with Gasteiger partial charge in [0, 0.05) is 23.1 Å². The summed E-state index contributed by atoms with van der Waals surface area (Å²) in [4.78, 5) is 38.9. The fourth-order valence-corrected chi connectivity index (χ4v) is 4.37.